The van der Waals surface area contributed by atoms with Crippen LogP contribution in [0.2, 0.25) is 0 Å². The van der Waals surface area contributed by atoms with Gasteiger partial charge in [-0.1, -0.05) is 30.3 Å². The molecule has 1 amide bonds. The molecule has 0 aliphatic carbocycles. The number of amides is 1. The maximum atomic E-state index is 13.5. The molecule has 45 heavy (non-hydrogen) atoms. The molecule has 17 heteroatoms. The molecule has 11 nitrogen and oxygen atoms in total. The Morgan fingerprint density at radius 1 is 0.978 bits per heavy atom. The fourth-order valence-electron chi connectivity index (χ4n) is 4.58. The lowest BCUT2D eigenvalue weighted by Crippen LogP contribution is -2.45. The lowest BCUT2D eigenvalue weighted by Gasteiger charge is -2.36. The first kappa shape index (κ1) is 37.5. The lowest BCUT2D eigenvalue weighted by molar-refractivity contribution is -0.193. The molecule has 2 aliphatic heterocycles. The molecule has 2 aromatic rings. The van der Waals surface area contributed by atoms with Gasteiger partial charge in [-0.15, -0.1) is 0 Å². The van der Waals surface area contributed by atoms with E-state index in [4.69, 9.17) is 24.5 Å². The summed E-state index contributed by atoms with van der Waals surface area (Å²) >= 11 is 0. The van der Waals surface area contributed by atoms with Crippen LogP contribution in [-0.2, 0) is 32.1 Å². The van der Waals surface area contributed by atoms with Gasteiger partial charge in [0.05, 0.1) is 30.9 Å². The monoisotopic (exact) mass is 653 g/mol. The van der Waals surface area contributed by atoms with E-state index in [0.29, 0.717) is 6.54 Å². The number of carbonyl (C=O) groups is 3. The molecule has 1 aromatic heterocycles. The maximum Gasteiger partial charge on any atom is 0.490 e. The first-order valence-electron chi connectivity index (χ1n) is 14.0. The second-order valence-corrected chi connectivity index (χ2v) is 10.4. The van der Waals surface area contributed by atoms with Gasteiger partial charge in [0, 0.05) is 45.2 Å². The Kier molecular flexibility index (Phi) is 14.3. The number of alkyl halides is 6. The van der Waals surface area contributed by atoms with Crippen molar-refractivity contribution >= 4 is 17.8 Å². The average Bonchev–Trinajstić information content (AvgIpc) is 3.40. The highest BCUT2D eigenvalue weighted by atomic mass is 19.4. The molecule has 4 rings (SSSR count). The highest BCUT2D eigenvalue weighted by molar-refractivity contribution is 5.83. The van der Waals surface area contributed by atoms with Crippen LogP contribution in [0, 0.1) is 0 Å². The smallest absolute Gasteiger partial charge is 0.475 e. The van der Waals surface area contributed by atoms with Crippen molar-refractivity contribution in [2.24, 2.45) is 0 Å². The summed E-state index contributed by atoms with van der Waals surface area (Å²) in [5.41, 5.74) is 3.35. The Morgan fingerprint density at radius 2 is 1.53 bits per heavy atom. The number of nitrogens with zero attached hydrogens (tertiary/aromatic N) is 4. The molecule has 1 saturated heterocycles. The van der Waals surface area contributed by atoms with Crippen molar-refractivity contribution in [2.75, 3.05) is 45.9 Å². The van der Waals surface area contributed by atoms with Gasteiger partial charge in [-0.2, -0.15) is 26.3 Å². The van der Waals surface area contributed by atoms with Crippen molar-refractivity contribution in [1.82, 2.24) is 24.7 Å². The number of carboxylic acid groups (broad SMARTS) is 2. The zero-order valence-electron chi connectivity index (χ0n) is 24.8. The number of fused-ring (bicyclic) bond motifs is 1. The normalized spacial score (nSPS) is 17.3. The molecule has 1 fully saturated rings. The number of carbonyl (C=O) groups excluding carboxylic acids is 1. The molecule has 1 atom stereocenters. The van der Waals surface area contributed by atoms with E-state index >= 15 is 0 Å². The third-order valence-corrected chi connectivity index (χ3v) is 6.74. The van der Waals surface area contributed by atoms with Crippen LogP contribution in [-0.4, -0.2) is 106 Å². The Bertz CT molecular complexity index is 1210. The molecule has 0 bridgehead atoms. The van der Waals surface area contributed by atoms with Crippen molar-refractivity contribution in [3.05, 3.63) is 53.6 Å². The topological polar surface area (TPSA) is 137 Å². The third-order valence-electron chi connectivity index (χ3n) is 6.74. The summed E-state index contributed by atoms with van der Waals surface area (Å²) < 4.78 is 71.1. The van der Waals surface area contributed by atoms with Crippen LogP contribution in [0.1, 0.15) is 49.3 Å². The second-order valence-electron chi connectivity index (χ2n) is 10.4. The molecule has 2 aliphatic rings. The number of imidazole rings is 1. The van der Waals surface area contributed by atoms with E-state index in [-0.39, 0.29) is 18.0 Å². The molecule has 0 saturated carbocycles. The van der Waals surface area contributed by atoms with Crippen LogP contribution in [0.15, 0.2) is 36.7 Å². The van der Waals surface area contributed by atoms with Gasteiger partial charge in [0.2, 0.25) is 5.91 Å². The van der Waals surface area contributed by atoms with E-state index in [9.17, 15) is 31.1 Å². The van der Waals surface area contributed by atoms with Gasteiger partial charge in [-0.25, -0.2) is 14.6 Å². The molecule has 252 valence electrons. The minimum atomic E-state index is -5.08. The van der Waals surface area contributed by atoms with Crippen molar-refractivity contribution < 1.29 is 55.7 Å². The lowest BCUT2D eigenvalue weighted by atomic mass is 10.00. The Balaban J connectivity index is 0.000000421. The minimum absolute atomic E-state index is 0.0845. The summed E-state index contributed by atoms with van der Waals surface area (Å²) in [6, 6.07) is 10.4. The van der Waals surface area contributed by atoms with Crippen LogP contribution in [0.5, 0.6) is 0 Å². The summed E-state index contributed by atoms with van der Waals surface area (Å²) in [5, 5.41) is 17.5. The first-order valence-corrected chi connectivity index (χ1v) is 14.0. The fourth-order valence-corrected chi connectivity index (χ4v) is 4.58. The zero-order chi connectivity index (χ0) is 33.8. The number of morpholine rings is 1. The number of carboxylic acids is 2. The van der Waals surface area contributed by atoms with E-state index < -0.39 is 24.3 Å². The van der Waals surface area contributed by atoms with E-state index in [0.717, 1.165) is 70.2 Å². The zero-order valence-corrected chi connectivity index (χ0v) is 24.8. The molecule has 1 aromatic carbocycles. The number of aliphatic carboxylic acids is 2. The highest BCUT2D eigenvalue weighted by Gasteiger charge is 2.39. The summed E-state index contributed by atoms with van der Waals surface area (Å²) in [4.78, 5) is 40.6. The van der Waals surface area contributed by atoms with Crippen molar-refractivity contribution in [2.45, 2.75) is 57.7 Å². The summed E-state index contributed by atoms with van der Waals surface area (Å²) in [6.07, 6.45) is -6.43. The van der Waals surface area contributed by atoms with Crippen molar-refractivity contribution in [3.63, 3.8) is 0 Å². The predicted octanol–water partition coefficient (Wildman–Crippen LogP) is 3.67. The molecule has 3 heterocycles. The van der Waals surface area contributed by atoms with Gasteiger partial charge in [0.1, 0.15) is 6.04 Å². The van der Waals surface area contributed by atoms with Crippen molar-refractivity contribution in [3.8, 4) is 0 Å². The average molecular weight is 654 g/mol. The number of benzene rings is 1. The Morgan fingerprint density at radius 3 is 2.04 bits per heavy atom. The molecule has 0 spiro atoms. The van der Waals surface area contributed by atoms with Crippen LogP contribution in [0.4, 0.5) is 26.3 Å². The van der Waals surface area contributed by atoms with Crippen molar-refractivity contribution in [1.29, 1.82) is 0 Å². The minimum Gasteiger partial charge on any atom is -0.475 e. The molecule has 1 unspecified atom stereocenters. The van der Waals surface area contributed by atoms with E-state index in [2.05, 4.69) is 62.8 Å². The second kappa shape index (κ2) is 17.1. The highest BCUT2D eigenvalue weighted by Crippen LogP contribution is 2.32. The summed E-state index contributed by atoms with van der Waals surface area (Å²) in [7, 11) is 0. The van der Waals surface area contributed by atoms with Gasteiger partial charge in [0.25, 0.3) is 0 Å². The summed E-state index contributed by atoms with van der Waals surface area (Å²) in [6.45, 7) is 11.2. The van der Waals surface area contributed by atoms with Gasteiger partial charge >= 0.3 is 24.3 Å². The largest absolute Gasteiger partial charge is 0.490 e. The van der Waals surface area contributed by atoms with Gasteiger partial charge in [-0.3, -0.25) is 14.6 Å². The molecule has 3 N–H and O–H groups in total. The summed E-state index contributed by atoms with van der Waals surface area (Å²) in [5.74, 6) is -5.43. The van der Waals surface area contributed by atoms with E-state index in [1.165, 1.54) is 5.56 Å². The maximum absolute atomic E-state index is 13.5. The quantitative estimate of drug-likeness (QED) is 0.288. The molecular weight excluding hydrogens is 616 g/mol. The number of halogens is 6. The SMILES string of the molecule is CC(C)n1cnc2c1C(C(=O)NCCCN1CCOCC1)N(Cc1ccccc1)CC2.O=C(O)C(F)(F)F.O=C(O)C(F)(F)F. The van der Waals surface area contributed by atoms with Gasteiger partial charge in [-0.05, 0) is 32.4 Å². The molecule has 0 radical (unpaired) electrons. The Labute approximate surface area is 255 Å². The van der Waals surface area contributed by atoms with Gasteiger partial charge in [0.15, 0.2) is 0 Å². The van der Waals surface area contributed by atoms with Crippen LogP contribution < -0.4 is 5.32 Å². The predicted molar refractivity (Wildman–Crippen MR) is 148 cm³/mol. The molecular formula is C28H37F6N5O6. The van der Waals surface area contributed by atoms with Crippen LogP contribution in [0.25, 0.3) is 0 Å². The fraction of sp³-hybridized carbons (Fsp3) is 0.571. The van der Waals surface area contributed by atoms with Gasteiger partial charge < -0.3 is 24.8 Å². The van der Waals surface area contributed by atoms with Crippen LogP contribution in [0.3, 0.4) is 0 Å². The number of aromatic nitrogens is 2. The number of hydrogen-bond acceptors (Lipinski definition) is 7. The number of nitrogens with one attached hydrogen (secondary N) is 1. The standard InChI is InChI=1S/C24H35N5O2.2C2HF3O2/c1-19(2)29-18-26-21-9-12-28(17-20-7-4-3-5-8-20)23(22(21)29)24(30)25-10-6-11-27-13-15-31-16-14-27;2*3-2(4,5)1(6)7/h3-5,7-8,18-19,23H,6,9-17H2,1-2H3,(H,25,30);2*(H,6,7). The van der Waals surface area contributed by atoms with E-state index in [1.807, 2.05) is 12.4 Å². The first-order chi connectivity index (χ1) is 21.0. The number of rotatable bonds is 8. The Hall–Kier alpha value is -3.70. The van der Waals surface area contributed by atoms with E-state index in [1.54, 1.807) is 0 Å². The third kappa shape index (κ3) is 12.3. The van der Waals surface area contributed by atoms with Crippen LogP contribution >= 0.6 is 0 Å². The number of hydrogen-bond donors (Lipinski definition) is 3. The number of ether oxygens (including phenoxy) is 1.